The number of H-pyrrole nitrogens is 1. The highest BCUT2D eigenvalue weighted by atomic mass is 32.2. The highest BCUT2D eigenvalue weighted by Gasteiger charge is 2.35. The van der Waals surface area contributed by atoms with E-state index in [9.17, 15) is 8.42 Å². The summed E-state index contributed by atoms with van der Waals surface area (Å²) >= 11 is 0. The monoisotopic (exact) mass is 314 g/mol. The summed E-state index contributed by atoms with van der Waals surface area (Å²) in [5.41, 5.74) is 1.21. The maximum atomic E-state index is 12.9. The number of hydrogen-bond acceptors (Lipinski definition) is 4. The smallest absolute Gasteiger partial charge is 0.246 e. The summed E-state index contributed by atoms with van der Waals surface area (Å²) in [7, 11) is -3.45. The number of aromatic nitrogens is 2. The largest absolute Gasteiger partial charge is 0.309 e. The summed E-state index contributed by atoms with van der Waals surface area (Å²) in [6.45, 7) is 9.64. The lowest BCUT2D eigenvalue weighted by molar-refractivity contribution is 0.451. The van der Waals surface area contributed by atoms with Crippen molar-refractivity contribution in [3.8, 4) is 0 Å². The molecule has 1 aromatic rings. The minimum absolute atomic E-state index is 0.286. The van der Waals surface area contributed by atoms with E-state index < -0.39 is 10.0 Å². The van der Waals surface area contributed by atoms with Crippen molar-refractivity contribution in [2.75, 3.05) is 13.1 Å². The van der Waals surface area contributed by atoms with Crippen molar-refractivity contribution in [3.05, 3.63) is 11.4 Å². The van der Waals surface area contributed by atoms with Gasteiger partial charge in [-0.2, -0.15) is 9.40 Å². The molecule has 1 atom stereocenters. The molecule has 1 aliphatic rings. The van der Waals surface area contributed by atoms with Crippen LogP contribution in [0.5, 0.6) is 0 Å². The molecule has 0 bridgehead atoms. The normalized spacial score (nSPS) is 20.5. The molecule has 0 spiro atoms. The molecule has 2 rings (SSSR count). The van der Waals surface area contributed by atoms with E-state index in [0.717, 1.165) is 12.8 Å². The average Bonchev–Trinajstić information content (AvgIpc) is 3.03. The molecule has 0 radical (unpaired) electrons. The topological polar surface area (TPSA) is 78.1 Å². The van der Waals surface area contributed by atoms with E-state index in [1.807, 2.05) is 13.8 Å². The van der Waals surface area contributed by atoms with E-state index in [2.05, 4.69) is 22.4 Å². The van der Waals surface area contributed by atoms with Gasteiger partial charge in [-0.25, -0.2) is 8.42 Å². The highest BCUT2D eigenvalue weighted by Crippen LogP contribution is 2.28. The quantitative estimate of drug-likeness (QED) is 0.836. The fourth-order valence-electron chi connectivity index (χ4n) is 2.71. The van der Waals surface area contributed by atoms with Crippen molar-refractivity contribution >= 4 is 10.0 Å². The summed E-state index contributed by atoms with van der Waals surface area (Å²) in [5.74, 6) is 0.476. The molecular formula is C14H26N4O2S. The van der Waals surface area contributed by atoms with Gasteiger partial charge < -0.3 is 5.32 Å². The van der Waals surface area contributed by atoms with E-state index in [4.69, 9.17) is 0 Å². The molecule has 2 N–H and O–H groups in total. The van der Waals surface area contributed by atoms with Crippen molar-refractivity contribution in [3.63, 3.8) is 0 Å². The maximum absolute atomic E-state index is 12.9. The van der Waals surface area contributed by atoms with Crippen molar-refractivity contribution in [2.24, 2.45) is 5.92 Å². The van der Waals surface area contributed by atoms with Gasteiger partial charge in [-0.1, -0.05) is 27.2 Å². The summed E-state index contributed by atoms with van der Waals surface area (Å²) in [4.78, 5) is 0.354. The van der Waals surface area contributed by atoms with Crippen LogP contribution < -0.4 is 5.32 Å². The average molecular weight is 314 g/mol. The third-order valence-corrected chi connectivity index (χ3v) is 6.13. The van der Waals surface area contributed by atoms with Gasteiger partial charge in [0.25, 0.3) is 0 Å². The molecule has 2 heterocycles. The molecular weight excluding hydrogens is 288 g/mol. The van der Waals surface area contributed by atoms with E-state index in [1.54, 1.807) is 11.2 Å². The zero-order chi connectivity index (χ0) is 15.6. The first kappa shape index (κ1) is 16.5. The molecule has 120 valence electrons. The minimum Gasteiger partial charge on any atom is -0.309 e. The number of nitrogens with zero attached hydrogens (tertiary/aromatic N) is 2. The van der Waals surface area contributed by atoms with E-state index in [0.29, 0.717) is 41.8 Å². The Kier molecular flexibility index (Phi) is 5.06. The number of aryl methyl sites for hydroxylation is 1. The Morgan fingerprint density at radius 3 is 2.76 bits per heavy atom. The summed E-state index contributed by atoms with van der Waals surface area (Å²) in [6, 6.07) is 0.286. The fraction of sp³-hybridized carbons (Fsp3) is 0.786. The van der Waals surface area contributed by atoms with Crippen LogP contribution in [0.25, 0.3) is 0 Å². The van der Waals surface area contributed by atoms with Crippen LogP contribution in [0, 0.1) is 12.8 Å². The lowest BCUT2D eigenvalue weighted by Crippen LogP contribution is -2.31. The Hall–Kier alpha value is -0.920. The molecule has 7 heteroatoms. The molecule has 1 unspecified atom stereocenters. The van der Waals surface area contributed by atoms with E-state index in [-0.39, 0.29) is 6.04 Å². The van der Waals surface area contributed by atoms with Gasteiger partial charge in [-0.15, -0.1) is 0 Å². The van der Waals surface area contributed by atoms with Gasteiger partial charge in [-0.3, -0.25) is 5.10 Å². The Labute approximate surface area is 127 Å². The number of nitrogens with one attached hydrogen (secondary N) is 2. The maximum Gasteiger partial charge on any atom is 0.246 e. The van der Waals surface area contributed by atoms with Gasteiger partial charge in [-0.05, 0) is 19.3 Å². The SMILES string of the molecule is CCC1CCN(S(=O)(=O)c2c(CNC(C)C)n[nH]c2C)C1. The van der Waals surface area contributed by atoms with E-state index in [1.165, 1.54) is 0 Å². The van der Waals surface area contributed by atoms with Crippen LogP contribution in [0.2, 0.25) is 0 Å². The van der Waals surface area contributed by atoms with Crippen LogP contribution in [0.15, 0.2) is 4.90 Å². The second-order valence-corrected chi connectivity index (χ2v) is 7.96. The van der Waals surface area contributed by atoms with Gasteiger partial charge in [0.1, 0.15) is 4.90 Å². The lowest BCUT2D eigenvalue weighted by Gasteiger charge is -2.17. The van der Waals surface area contributed by atoms with Crippen LogP contribution in [-0.2, 0) is 16.6 Å². The van der Waals surface area contributed by atoms with Crippen molar-refractivity contribution < 1.29 is 8.42 Å². The first-order chi connectivity index (χ1) is 9.86. The summed E-state index contributed by atoms with van der Waals surface area (Å²) < 4.78 is 27.4. The molecule has 6 nitrogen and oxygen atoms in total. The second kappa shape index (κ2) is 6.46. The Morgan fingerprint density at radius 2 is 2.19 bits per heavy atom. The number of rotatable bonds is 6. The molecule has 0 saturated carbocycles. The van der Waals surface area contributed by atoms with Gasteiger partial charge >= 0.3 is 0 Å². The van der Waals surface area contributed by atoms with Gasteiger partial charge in [0, 0.05) is 25.7 Å². The highest BCUT2D eigenvalue weighted by molar-refractivity contribution is 7.89. The summed E-state index contributed by atoms with van der Waals surface area (Å²) in [5, 5.41) is 10.2. The molecule has 0 aromatic carbocycles. The number of aromatic amines is 1. The minimum atomic E-state index is -3.45. The Bertz CT molecular complexity index is 580. The molecule has 21 heavy (non-hydrogen) atoms. The van der Waals surface area contributed by atoms with Gasteiger partial charge in [0.15, 0.2) is 0 Å². The molecule has 0 aliphatic carbocycles. The molecule has 0 amide bonds. The molecule has 1 aromatic heterocycles. The van der Waals surface area contributed by atoms with Crippen LogP contribution in [-0.4, -0.2) is 42.1 Å². The lowest BCUT2D eigenvalue weighted by atomic mass is 10.1. The number of sulfonamides is 1. The van der Waals surface area contributed by atoms with Crippen molar-refractivity contribution in [1.82, 2.24) is 19.8 Å². The molecule has 1 aliphatic heterocycles. The first-order valence-electron chi connectivity index (χ1n) is 7.63. The van der Waals surface area contributed by atoms with E-state index >= 15 is 0 Å². The third kappa shape index (κ3) is 3.46. The zero-order valence-electron chi connectivity index (χ0n) is 13.3. The van der Waals surface area contributed by atoms with Crippen molar-refractivity contribution in [2.45, 2.75) is 58.0 Å². The fourth-order valence-corrected chi connectivity index (χ4v) is 4.57. The first-order valence-corrected chi connectivity index (χ1v) is 9.07. The molecule has 1 saturated heterocycles. The van der Waals surface area contributed by atoms with Crippen LogP contribution >= 0.6 is 0 Å². The molecule has 1 fully saturated rings. The predicted molar refractivity (Wildman–Crippen MR) is 82.5 cm³/mol. The Balaban J connectivity index is 2.25. The number of hydrogen-bond donors (Lipinski definition) is 2. The standard InChI is InChI=1S/C14H26N4O2S/c1-5-12-6-7-18(9-12)21(19,20)14-11(4)16-17-13(14)8-15-10(2)3/h10,12,15H,5-9H2,1-4H3,(H,16,17). The van der Waals surface area contributed by atoms with Crippen LogP contribution in [0.1, 0.15) is 45.0 Å². The Morgan fingerprint density at radius 1 is 1.48 bits per heavy atom. The predicted octanol–water partition coefficient (Wildman–Crippen LogP) is 1.64. The third-order valence-electron chi connectivity index (χ3n) is 4.06. The summed E-state index contributed by atoms with van der Waals surface area (Å²) in [6.07, 6.45) is 1.98. The second-order valence-electron chi connectivity index (χ2n) is 6.09. The van der Waals surface area contributed by atoms with Gasteiger partial charge in [0.2, 0.25) is 10.0 Å². The van der Waals surface area contributed by atoms with Crippen LogP contribution in [0.4, 0.5) is 0 Å². The van der Waals surface area contributed by atoms with Crippen LogP contribution in [0.3, 0.4) is 0 Å². The van der Waals surface area contributed by atoms with Crippen molar-refractivity contribution in [1.29, 1.82) is 0 Å². The van der Waals surface area contributed by atoms with Gasteiger partial charge in [0.05, 0.1) is 11.4 Å². The zero-order valence-corrected chi connectivity index (χ0v) is 14.1.